The van der Waals surface area contributed by atoms with Crippen LogP contribution in [0.4, 0.5) is 0 Å². The number of nitrogens with zero attached hydrogens (tertiary/aromatic N) is 3. The van der Waals surface area contributed by atoms with Crippen LogP contribution in [0.5, 0.6) is 5.75 Å². The maximum atomic E-state index is 13.5. The monoisotopic (exact) mass is 417 g/mol. The molecule has 1 fully saturated rings. The van der Waals surface area contributed by atoms with Gasteiger partial charge in [0.15, 0.2) is 0 Å². The van der Waals surface area contributed by atoms with E-state index in [2.05, 4.69) is 41.1 Å². The zero-order valence-corrected chi connectivity index (χ0v) is 18.5. The van der Waals surface area contributed by atoms with E-state index in [-0.39, 0.29) is 17.4 Å². The van der Waals surface area contributed by atoms with Crippen LogP contribution in [0.25, 0.3) is 0 Å². The van der Waals surface area contributed by atoms with E-state index in [0.717, 1.165) is 37.4 Å². The molecule has 1 aromatic heterocycles. The number of hydrogen-bond donors (Lipinski definition) is 1. The minimum atomic E-state index is -0.276. The summed E-state index contributed by atoms with van der Waals surface area (Å²) < 4.78 is 6.89. The highest BCUT2D eigenvalue weighted by atomic mass is 32.2. The van der Waals surface area contributed by atoms with E-state index in [4.69, 9.17) is 4.74 Å². The van der Waals surface area contributed by atoms with Crippen LogP contribution in [0, 0.1) is 6.92 Å². The van der Waals surface area contributed by atoms with Crippen molar-refractivity contribution in [3.8, 4) is 5.75 Å². The number of pyridine rings is 1. The van der Waals surface area contributed by atoms with E-state index in [0.29, 0.717) is 18.7 Å². The van der Waals surface area contributed by atoms with E-state index >= 15 is 0 Å². The van der Waals surface area contributed by atoms with Gasteiger partial charge in [0, 0.05) is 50.4 Å². The maximum Gasteiger partial charge on any atom is 0.259 e. The van der Waals surface area contributed by atoms with E-state index in [1.807, 2.05) is 13.2 Å². The summed E-state index contributed by atoms with van der Waals surface area (Å²) in [5.41, 5.74) is 2.08. The Morgan fingerprint density at radius 2 is 1.83 bits per heavy atom. The van der Waals surface area contributed by atoms with Crippen LogP contribution in [0.3, 0.4) is 0 Å². The lowest BCUT2D eigenvalue weighted by molar-refractivity contribution is 0.125. The normalized spacial score (nSPS) is 16.8. The lowest BCUT2D eigenvalue weighted by Crippen LogP contribution is -2.47. The van der Waals surface area contributed by atoms with Crippen molar-refractivity contribution in [2.24, 2.45) is 0 Å². The van der Waals surface area contributed by atoms with Crippen LogP contribution in [-0.4, -0.2) is 72.7 Å². The molecule has 3 rings (SSSR count). The van der Waals surface area contributed by atoms with Gasteiger partial charge in [-0.1, -0.05) is 12.1 Å². The van der Waals surface area contributed by atoms with Gasteiger partial charge in [-0.3, -0.25) is 9.69 Å². The Hall–Kier alpha value is -1.80. The van der Waals surface area contributed by atoms with Crippen molar-refractivity contribution >= 4 is 11.8 Å². The van der Waals surface area contributed by atoms with Crippen molar-refractivity contribution in [1.29, 1.82) is 0 Å². The predicted octanol–water partition coefficient (Wildman–Crippen LogP) is 2.57. The van der Waals surface area contributed by atoms with Gasteiger partial charge in [0.05, 0.1) is 18.2 Å². The van der Waals surface area contributed by atoms with Gasteiger partial charge in [-0.05, 0) is 44.0 Å². The molecule has 1 unspecified atom stereocenters. The van der Waals surface area contributed by atoms with Crippen molar-refractivity contribution in [1.82, 2.24) is 14.4 Å². The molecule has 7 heteroatoms. The molecule has 158 valence electrons. The number of rotatable bonds is 7. The molecule has 0 spiro atoms. The average molecular weight is 418 g/mol. The van der Waals surface area contributed by atoms with Gasteiger partial charge in [-0.2, -0.15) is 0 Å². The maximum absolute atomic E-state index is 13.5. The molecule has 1 aliphatic heterocycles. The van der Waals surface area contributed by atoms with Gasteiger partial charge in [0.25, 0.3) is 5.56 Å². The highest BCUT2D eigenvalue weighted by Crippen LogP contribution is 2.34. The molecule has 6 nitrogen and oxygen atoms in total. The third-order valence-corrected chi connectivity index (χ3v) is 6.39. The highest BCUT2D eigenvalue weighted by Gasteiger charge is 2.30. The fourth-order valence-corrected chi connectivity index (χ4v) is 4.32. The molecule has 1 aliphatic rings. The molecule has 2 aromatic rings. The molecule has 1 N–H and O–H groups in total. The molecule has 0 bridgehead atoms. The van der Waals surface area contributed by atoms with Crippen LogP contribution >= 0.6 is 11.8 Å². The predicted molar refractivity (Wildman–Crippen MR) is 118 cm³/mol. The van der Waals surface area contributed by atoms with Gasteiger partial charge < -0.3 is 19.3 Å². The first-order valence-corrected chi connectivity index (χ1v) is 11.2. The van der Waals surface area contributed by atoms with Gasteiger partial charge in [-0.25, -0.2) is 0 Å². The Morgan fingerprint density at radius 1 is 1.17 bits per heavy atom. The number of thioether (sulfide) groups is 1. The van der Waals surface area contributed by atoms with Gasteiger partial charge in [-0.15, -0.1) is 11.8 Å². The van der Waals surface area contributed by atoms with E-state index < -0.39 is 0 Å². The second-order valence-corrected chi connectivity index (χ2v) is 8.43. The smallest absolute Gasteiger partial charge is 0.259 e. The third-order valence-electron chi connectivity index (χ3n) is 5.65. The number of aryl methyl sites for hydroxylation is 1. The number of aromatic hydroxyl groups is 1. The summed E-state index contributed by atoms with van der Waals surface area (Å²) in [6.45, 7) is 6.32. The number of hydrogen-bond acceptors (Lipinski definition) is 6. The van der Waals surface area contributed by atoms with Crippen molar-refractivity contribution in [2.75, 3.05) is 53.2 Å². The highest BCUT2D eigenvalue weighted by molar-refractivity contribution is 7.98. The summed E-state index contributed by atoms with van der Waals surface area (Å²) in [6, 6.07) is 9.74. The first-order chi connectivity index (χ1) is 14.0. The average Bonchev–Trinajstić information content (AvgIpc) is 2.72. The Balaban J connectivity index is 2.11. The summed E-state index contributed by atoms with van der Waals surface area (Å²) in [5.74, 6) is 0.0686. The Labute approximate surface area is 177 Å². The fourth-order valence-electron chi connectivity index (χ4n) is 3.91. The van der Waals surface area contributed by atoms with E-state index in [1.165, 1.54) is 4.90 Å². The molecular weight excluding hydrogens is 386 g/mol. The standard InChI is InChI=1S/C22H31N3O3S/c1-16-15-19(26)20(22(27)25(16)13-14-28-3)21(24-11-9-23(2)10-12-24)17-5-7-18(29-4)8-6-17/h5-8,15,21,26H,9-14H2,1-4H3. The number of benzene rings is 1. The van der Waals surface area contributed by atoms with Crippen molar-refractivity contribution in [3.05, 3.63) is 57.5 Å². The fraction of sp³-hybridized carbons (Fsp3) is 0.500. The van der Waals surface area contributed by atoms with Crippen LogP contribution < -0.4 is 5.56 Å². The molecule has 1 saturated heterocycles. The van der Waals surface area contributed by atoms with Crippen LogP contribution in [0.15, 0.2) is 40.0 Å². The minimum absolute atomic E-state index is 0.0686. The third kappa shape index (κ3) is 4.86. The van der Waals surface area contributed by atoms with Crippen molar-refractivity contribution in [3.63, 3.8) is 0 Å². The molecule has 0 amide bonds. The second kappa shape index (κ2) is 9.80. The minimum Gasteiger partial charge on any atom is -0.507 e. The van der Waals surface area contributed by atoms with Crippen LogP contribution in [-0.2, 0) is 11.3 Å². The van der Waals surface area contributed by atoms with Crippen molar-refractivity contribution < 1.29 is 9.84 Å². The first-order valence-electron chi connectivity index (χ1n) is 9.95. The van der Waals surface area contributed by atoms with E-state index in [1.54, 1.807) is 29.5 Å². The molecule has 1 aromatic carbocycles. The van der Waals surface area contributed by atoms with Gasteiger partial charge in [0.1, 0.15) is 5.75 Å². The quantitative estimate of drug-likeness (QED) is 0.699. The van der Waals surface area contributed by atoms with Crippen LogP contribution in [0.1, 0.15) is 22.9 Å². The Bertz CT molecular complexity index is 874. The number of aromatic nitrogens is 1. The molecule has 29 heavy (non-hydrogen) atoms. The first kappa shape index (κ1) is 21.9. The molecular formula is C22H31N3O3S. The second-order valence-electron chi connectivity index (χ2n) is 7.55. The number of ether oxygens (including phenoxy) is 1. The number of methoxy groups -OCH3 is 1. The van der Waals surface area contributed by atoms with Gasteiger partial charge >= 0.3 is 0 Å². The number of piperazine rings is 1. The van der Waals surface area contributed by atoms with Gasteiger partial charge in [0.2, 0.25) is 0 Å². The summed E-state index contributed by atoms with van der Waals surface area (Å²) in [4.78, 5) is 19.2. The lowest BCUT2D eigenvalue weighted by atomic mass is 9.96. The SMILES string of the molecule is COCCn1c(C)cc(O)c(C(c2ccc(SC)cc2)N2CCN(C)CC2)c1=O. The molecule has 0 radical (unpaired) electrons. The number of likely N-dealkylation sites (N-methyl/N-ethyl adjacent to an activating group) is 1. The van der Waals surface area contributed by atoms with E-state index in [9.17, 15) is 9.90 Å². The van der Waals surface area contributed by atoms with Crippen LogP contribution in [0.2, 0.25) is 0 Å². The summed E-state index contributed by atoms with van der Waals surface area (Å²) >= 11 is 1.69. The largest absolute Gasteiger partial charge is 0.507 e. The summed E-state index contributed by atoms with van der Waals surface area (Å²) in [5, 5.41) is 10.9. The summed E-state index contributed by atoms with van der Waals surface area (Å²) in [7, 11) is 3.74. The zero-order chi connectivity index (χ0) is 21.0. The topological polar surface area (TPSA) is 57.9 Å². The zero-order valence-electron chi connectivity index (χ0n) is 17.7. The lowest BCUT2D eigenvalue weighted by Gasteiger charge is -2.38. The van der Waals surface area contributed by atoms with Crippen molar-refractivity contribution in [2.45, 2.75) is 24.4 Å². The summed E-state index contributed by atoms with van der Waals surface area (Å²) in [6.07, 6.45) is 2.05. The molecule has 2 heterocycles. The molecule has 1 atom stereocenters. The molecule has 0 saturated carbocycles. The Morgan fingerprint density at radius 3 is 2.41 bits per heavy atom. The Kier molecular flexibility index (Phi) is 7.40. The molecule has 0 aliphatic carbocycles.